The molecule has 0 spiro atoms. The lowest BCUT2D eigenvalue weighted by Gasteiger charge is -2.19. The van der Waals surface area contributed by atoms with E-state index >= 15 is 0 Å². The van der Waals surface area contributed by atoms with Gasteiger partial charge < -0.3 is 5.11 Å². The van der Waals surface area contributed by atoms with E-state index in [1.165, 1.54) is 11.8 Å². The lowest BCUT2D eigenvalue weighted by Crippen LogP contribution is -2.15. The molecule has 1 aliphatic heterocycles. The third-order valence-electron chi connectivity index (χ3n) is 4.91. The first kappa shape index (κ1) is 22.1. The number of halogens is 1. The minimum Gasteiger partial charge on any atom is -0.386 e. The number of aromatic nitrogens is 2. The largest absolute Gasteiger partial charge is 0.386 e. The molecule has 2 heterocycles. The Labute approximate surface area is 194 Å². The number of carbonyl (C=O) groups is 1. The third kappa shape index (κ3) is 4.90. The molecule has 0 aliphatic carbocycles. The molecule has 8 heteroatoms. The van der Waals surface area contributed by atoms with Gasteiger partial charge in [0, 0.05) is 10.4 Å². The highest BCUT2D eigenvalue weighted by Gasteiger charge is 2.22. The zero-order chi connectivity index (χ0) is 22.2. The average molecular weight is 472 g/mol. The Balaban J connectivity index is 1.56. The maximum Gasteiger partial charge on any atom is 0.285 e. The summed E-state index contributed by atoms with van der Waals surface area (Å²) in [6.45, 7) is 6.04. The van der Waals surface area contributed by atoms with Crippen LogP contribution in [0.25, 0.3) is 17.0 Å². The number of thioether (sulfide) groups is 2. The van der Waals surface area contributed by atoms with Crippen molar-refractivity contribution in [2.75, 3.05) is 5.75 Å². The fourth-order valence-electron chi connectivity index (χ4n) is 3.27. The van der Waals surface area contributed by atoms with Gasteiger partial charge in [-0.15, -0.1) is 0 Å². The Hall–Kier alpha value is -2.06. The number of carbonyl (C=O) groups excluding carboxylic acids is 1. The van der Waals surface area contributed by atoms with E-state index in [-0.39, 0.29) is 5.91 Å². The molecule has 160 valence electrons. The Morgan fingerprint density at radius 1 is 1.26 bits per heavy atom. The highest BCUT2D eigenvalue weighted by molar-refractivity contribution is 8.41. The fraction of sp³-hybridized carbons (Fsp3) is 0.261. The Morgan fingerprint density at radius 2 is 2.06 bits per heavy atom. The summed E-state index contributed by atoms with van der Waals surface area (Å²) < 4.78 is 2.70. The van der Waals surface area contributed by atoms with Crippen LogP contribution in [0.2, 0.25) is 5.02 Å². The topological polar surface area (TPSA) is 67.5 Å². The van der Waals surface area contributed by atoms with E-state index in [4.69, 9.17) is 11.6 Å². The van der Waals surface area contributed by atoms with Crippen molar-refractivity contribution < 1.29 is 9.90 Å². The van der Waals surface area contributed by atoms with E-state index in [1.807, 2.05) is 54.2 Å². The molecule has 1 amide bonds. The van der Waals surface area contributed by atoms with Crippen LogP contribution in [0.4, 0.5) is 0 Å². The van der Waals surface area contributed by atoms with Crippen molar-refractivity contribution in [3.8, 4) is 0 Å². The highest BCUT2D eigenvalue weighted by Crippen LogP contribution is 2.34. The molecule has 0 atom stereocenters. The van der Waals surface area contributed by atoms with Crippen LogP contribution < -0.4 is 0 Å². The number of hydrogen-bond acceptors (Lipinski definition) is 5. The van der Waals surface area contributed by atoms with Gasteiger partial charge in [-0.25, -0.2) is 0 Å². The van der Waals surface area contributed by atoms with Gasteiger partial charge in [0.2, 0.25) is 0 Å². The second-order valence-corrected chi connectivity index (χ2v) is 10.7. The zero-order valence-electron chi connectivity index (χ0n) is 17.4. The maximum atomic E-state index is 12.1. The molecule has 31 heavy (non-hydrogen) atoms. The normalized spacial score (nSPS) is 15.8. The van der Waals surface area contributed by atoms with E-state index < -0.39 is 5.60 Å². The van der Waals surface area contributed by atoms with Gasteiger partial charge in [-0.05, 0) is 60.6 Å². The van der Waals surface area contributed by atoms with Crippen LogP contribution in [-0.4, -0.2) is 30.9 Å². The second kappa shape index (κ2) is 8.82. The van der Waals surface area contributed by atoms with Crippen molar-refractivity contribution in [1.82, 2.24) is 9.78 Å². The molecular weight excluding hydrogens is 450 g/mol. The lowest BCUT2D eigenvalue weighted by atomic mass is 9.97. The quantitative estimate of drug-likeness (QED) is 0.484. The van der Waals surface area contributed by atoms with Crippen molar-refractivity contribution in [3.63, 3.8) is 0 Å². The molecule has 0 bridgehead atoms. The molecule has 3 aromatic rings. The molecule has 0 saturated heterocycles. The van der Waals surface area contributed by atoms with Crippen molar-refractivity contribution in [1.29, 1.82) is 0 Å². The van der Waals surface area contributed by atoms with E-state index in [2.05, 4.69) is 10.1 Å². The first-order chi connectivity index (χ1) is 14.7. The predicted molar refractivity (Wildman–Crippen MR) is 132 cm³/mol. The van der Waals surface area contributed by atoms with E-state index in [0.717, 1.165) is 37.7 Å². The number of rotatable bonds is 5. The van der Waals surface area contributed by atoms with Crippen LogP contribution in [0, 0.1) is 0 Å². The van der Waals surface area contributed by atoms with Gasteiger partial charge in [-0.2, -0.15) is 10.1 Å². The van der Waals surface area contributed by atoms with Crippen molar-refractivity contribution >= 4 is 62.4 Å². The summed E-state index contributed by atoms with van der Waals surface area (Å²) in [6, 6.07) is 11.6. The third-order valence-corrected chi connectivity index (χ3v) is 7.27. The first-order valence-electron chi connectivity index (χ1n) is 9.87. The summed E-state index contributed by atoms with van der Waals surface area (Å²) in [4.78, 5) is 16.8. The maximum absolute atomic E-state index is 12.1. The van der Waals surface area contributed by atoms with E-state index in [0.29, 0.717) is 16.5 Å². The molecule has 1 aromatic heterocycles. The summed E-state index contributed by atoms with van der Waals surface area (Å²) >= 11 is 9.47. The molecular formula is C23H22ClN3O2S2. The van der Waals surface area contributed by atoms with E-state index in [9.17, 15) is 9.90 Å². The van der Waals surface area contributed by atoms with Crippen LogP contribution in [0.15, 0.2) is 52.5 Å². The monoisotopic (exact) mass is 471 g/mol. The minimum absolute atomic E-state index is 0.180. The van der Waals surface area contributed by atoms with Crippen molar-refractivity contribution in [2.24, 2.45) is 4.99 Å². The van der Waals surface area contributed by atoms with Gasteiger partial charge in [0.05, 0.1) is 28.8 Å². The number of aliphatic imine (C=N–C) groups is 1. The van der Waals surface area contributed by atoms with Crippen molar-refractivity contribution in [3.05, 3.63) is 69.2 Å². The number of hydrogen-bond donors (Lipinski definition) is 1. The molecule has 2 aromatic carbocycles. The number of aliphatic hydroxyl groups is 1. The van der Waals surface area contributed by atoms with Gasteiger partial charge in [-0.3, -0.25) is 9.48 Å². The van der Waals surface area contributed by atoms with Gasteiger partial charge >= 0.3 is 0 Å². The highest BCUT2D eigenvalue weighted by atomic mass is 35.5. The SMILES string of the molecule is CCSC1=NC(=O)/C(=C/c2ccc3c(cnn3Cc3ccc(C(C)(C)O)cc3Cl)c2)S1. The van der Waals surface area contributed by atoms with Crippen LogP contribution in [0.1, 0.15) is 37.5 Å². The summed E-state index contributed by atoms with van der Waals surface area (Å²) in [5.41, 5.74) is 2.68. The first-order valence-corrected chi connectivity index (χ1v) is 12.0. The van der Waals surface area contributed by atoms with Crippen LogP contribution in [0.5, 0.6) is 0 Å². The summed E-state index contributed by atoms with van der Waals surface area (Å²) in [6.07, 6.45) is 3.69. The Kier molecular flexibility index (Phi) is 6.30. The smallest absolute Gasteiger partial charge is 0.285 e. The lowest BCUT2D eigenvalue weighted by molar-refractivity contribution is -0.113. The Morgan fingerprint density at radius 3 is 2.77 bits per heavy atom. The molecule has 0 saturated carbocycles. The summed E-state index contributed by atoms with van der Waals surface area (Å²) in [5, 5.41) is 16.3. The Bertz CT molecular complexity index is 1230. The zero-order valence-corrected chi connectivity index (χ0v) is 19.8. The second-order valence-electron chi connectivity index (χ2n) is 7.71. The minimum atomic E-state index is -0.939. The number of benzene rings is 2. The van der Waals surface area contributed by atoms with E-state index in [1.54, 1.807) is 31.7 Å². The van der Waals surface area contributed by atoms with Gasteiger partial charge in [0.15, 0.2) is 0 Å². The van der Waals surface area contributed by atoms with Crippen LogP contribution in [0.3, 0.4) is 0 Å². The average Bonchev–Trinajstić information content (AvgIpc) is 3.26. The standard InChI is InChI=1S/C23H22ClN3O2S2/c1-4-30-22-26-21(28)20(31-22)10-14-5-8-19-16(9-14)12-25-27(19)13-15-6-7-17(11-18(15)24)23(2,3)29/h5-12,29H,4,13H2,1-3H3/b20-10-. The van der Waals surface area contributed by atoms with Crippen LogP contribution >= 0.6 is 35.1 Å². The molecule has 1 aliphatic rings. The summed E-state index contributed by atoms with van der Waals surface area (Å²) in [7, 11) is 0. The van der Waals surface area contributed by atoms with Gasteiger partial charge in [0.25, 0.3) is 5.91 Å². The van der Waals surface area contributed by atoms with Gasteiger partial charge in [0.1, 0.15) is 4.38 Å². The number of fused-ring (bicyclic) bond motifs is 1. The molecule has 5 nitrogen and oxygen atoms in total. The van der Waals surface area contributed by atoms with Crippen molar-refractivity contribution in [2.45, 2.75) is 32.9 Å². The fourth-order valence-corrected chi connectivity index (χ4v) is 5.40. The predicted octanol–water partition coefficient (Wildman–Crippen LogP) is 5.69. The summed E-state index contributed by atoms with van der Waals surface area (Å²) in [5.74, 6) is 0.711. The number of nitrogens with zero attached hydrogens (tertiary/aromatic N) is 3. The van der Waals surface area contributed by atoms with Crippen LogP contribution in [-0.2, 0) is 16.9 Å². The molecule has 4 rings (SSSR count). The molecule has 0 unspecified atom stereocenters. The molecule has 1 N–H and O–H groups in total. The molecule has 0 radical (unpaired) electrons. The van der Waals surface area contributed by atoms with Gasteiger partial charge in [-0.1, -0.05) is 60.2 Å². The number of amides is 1. The molecule has 0 fully saturated rings.